The van der Waals surface area contributed by atoms with Gasteiger partial charge < -0.3 is 19.9 Å². The molecule has 0 spiro atoms. The van der Waals surface area contributed by atoms with Crippen molar-refractivity contribution in [2.75, 3.05) is 36.0 Å². The zero-order valence-corrected chi connectivity index (χ0v) is 24.9. The van der Waals surface area contributed by atoms with Crippen LogP contribution < -0.4 is 19.9 Å². The Bertz CT molecular complexity index is 1930. The van der Waals surface area contributed by atoms with Crippen LogP contribution in [0.4, 0.5) is 30.5 Å². The average Bonchev–Trinajstić information content (AvgIpc) is 3.44. The number of hydrogen-bond acceptors (Lipinski definition) is 9. The van der Waals surface area contributed by atoms with E-state index in [4.69, 9.17) is 14.7 Å². The van der Waals surface area contributed by atoms with E-state index in [9.17, 15) is 26.4 Å². The number of pyridine rings is 3. The van der Waals surface area contributed by atoms with Gasteiger partial charge in [-0.3, -0.25) is 9.78 Å². The molecule has 3 aromatic heterocycles. The molecule has 0 saturated carbocycles. The molecule has 45 heavy (non-hydrogen) atoms. The first kappa shape index (κ1) is 29.3. The fourth-order valence-corrected chi connectivity index (χ4v) is 7.35. The largest absolute Gasteiger partial charge is 0.489 e. The van der Waals surface area contributed by atoms with Crippen molar-refractivity contribution in [1.29, 1.82) is 0 Å². The number of benzene rings is 1. The lowest BCUT2D eigenvalue weighted by Crippen LogP contribution is -2.27. The summed E-state index contributed by atoms with van der Waals surface area (Å²) in [6, 6.07) is 9.41. The maximum atomic E-state index is 14.7. The Morgan fingerprint density at radius 3 is 2.76 bits per heavy atom. The van der Waals surface area contributed by atoms with Gasteiger partial charge >= 0.3 is 0 Å². The molecule has 3 aliphatic heterocycles. The van der Waals surface area contributed by atoms with Crippen molar-refractivity contribution in [2.24, 2.45) is 0 Å². The summed E-state index contributed by atoms with van der Waals surface area (Å²) in [6.45, 7) is 1.43. The molecule has 1 amide bonds. The first-order chi connectivity index (χ1) is 21.7. The first-order valence-corrected chi connectivity index (χ1v) is 16.3. The number of aromatic nitrogens is 3. The van der Waals surface area contributed by atoms with E-state index in [1.807, 2.05) is 17.0 Å². The quantitative estimate of drug-likeness (QED) is 0.335. The van der Waals surface area contributed by atoms with Crippen molar-refractivity contribution in [3.8, 4) is 5.75 Å². The molecule has 2 atom stereocenters. The van der Waals surface area contributed by atoms with E-state index in [2.05, 4.69) is 21.3 Å². The number of sulfone groups is 1. The maximum absolute atomic E-state index is 14.7. The molecule has 0 radical (unpaired) electrons. The predicted molar refractivity (Wildman–Crippen MR) is 161 cm³/mol. The Morgan fingerprint density at radius 2 is 1.93 bits per heavy atom. The molecule has 234 valence electrons. The van der Waals surface area contributed by atoms with E-state index in [0.29, 0.717) is 36.5 Å². The van der Waals surface area contributed by atoms with Gasteiger partial charge in [0, 0.05) is 43.2 Å². The van der Waals surface area contributed by atoms with Crippen molar-refractivity contribution in [1.82, 2.24) is 20.3 Å². The van der Waals surface area contributed by atoms with Crippen LogP contribution in [0.3, 0.4) is 0 Å². The molecule has 1 saturated heterocycles. The zero-order valence-electron chi connectivity index (χ0n) is 24.0. The summed E-state index contributed by atoms with van der Waals surface area (Å²) < 4.78 is 73.0. The Labute approximate surface area is 257 Å². The zero-order chi connectivity index (χ0) is 31.3. The number of rotatable bonds is 5. The third-order valence-corrected chi connectivity index (χ3v) is 10.2. The standard InChI is InChI=1S/C31H29F3N6O4S/c32-21-5-8-39(17-21)23-10-18-2-1-7-40(30(18)36-16-23)28-4-3-19-14-35-22(13-25(19)38-28)15-37-31(41)20-11-24(33)29-26(12-20)45(42,43)27(34)6-9-44-29/h3-4,10-14,16,21,27H,1-2,5-9,15,17H2,(H,37,41)/t21-,27+/m0/s1. The fourth-order valence-electron chi connectivity index (χ4n) is 5.96. The van der Waals surface area contributed by atoms with Crippen molar-refractivity contribution >= 4 is 44.0 Å². The van der Waals surface area contributed by atoms with Crippen LogP contribution in [0.25, 0.3) is 10.9 Å². The molecule has 0 unspecified atom stereocenters. The minimum atomic E-state index is -4.52. The second-order valence-electron chi connectivity index (χ2n) is 11.4. The molecule has 14 heteroatoms. The highest BCUT2D eigenvalue weighted by Crippen LogP contribution is 2.36. The van der Waals surface area contributed by atoms with E-state index in [1.165, 1.54) is 0 Å². The second-order valence-corrected chi connectivity index (χ2v) is 13.4. The summed E-state index contributed by atoms with van der Waals surface area (Å²) in [5.74, 6) is -0.899. The monoisotopic (exact) mass is 638 g/mol. The second kappa shape index (κ2) is 11.5. The van der Waals surface area contributed by atoms with E-state index < -0.39 is 50.3 Å². The lowest BCUT2D eigenvalue weighted by atomic mass is 10.0. The number of alkyl halides is 2. The maximum Gasteiger partial charge on any atom is 0.251 e. The molecule has 0 aliphatic carbocycles. The Kier molecular flexibility index (Phi) is 7.46. The van der Waals surface area contributed by atoms with Gasteiger partial charge in [-0.1, -0.05) is 0 Å². The van der Waals surface area contributed by atoms with Crippen molar-refractivity contribution < 1.29 is 31.1 Å². The lowest BCUT2D eigenvalue weighted by molar-refractivity contribution is 0.0949. The Balaban J connectivity index is 1.10. The third kappa shape index (κ3) is 5.51. The smallest absolute Gasteiger partial charge is 0.251 e. The van der Waals surface area contributed by atoms with Gasteiger partial charge in [0.05, 0.1) is 36.2 Å². The number of nitrogens with zero attached hydrogens (tertiary/aromatic N) is 5. The summed E-state index contributed by atoms with van der Waals surface area (Å²) in [5.41, 5.74) is 0.556. The summed E-state index contributed by atoms with van der Waals surface area (Å²) in [6.07, 6.45) is 4.45. The number of nitrogens with one attached hydrogen (secondary N) is 1. The highest BCUT2D eigenvalue weighted by Gasteiger charge is 2.35. The van der Waals surface area contributed by atoms with E-state index in [-0.39, 0.29) is 18.7 Å². The Hall–Kier alpha value is -4.46. The van der Waals surface area contributed by atoms with Crippen LogP contribution in [0.1, 0.15) is 40.9 Å². The minimum Gasteiger partial charge on any atom is -0.489 e. The number of aryl methyl sites for hydroxylation is 1. The Morgan fingerprint density at radius 1 is 1.07 bits per heavy atom. The van der Waals surface area contributed by atoms with Gasteiger partial charge in [0.15, 0.2) is 11.6 Å². The number of ether oxygens (including phenoxy) is 1. The lowest BCUT2D eigenvalue weighted by Gasteiger charge is -2.30. The van der Waals surface area contributed by atoms with Crippen LogP contribution >= 0.6 is 0 Å². The number of halogens is 3. The summed E-state index contributed by atoms with van der Waals surface area (Å²) in [5, 5.41) is 3.40. The van der Waals surface area contributed by atoms with Gasteiger partial charge in [0.25, 0.3) is 5.91 Å². The predicted octanol–water partition coefficient (Wildman–Crippen LogP) is 4.58. The van der Waals surface area contributed by atoms with Crippen LogP contribution in [-0.2, 0) is 22.8 Å². The average molecular weight is 639 g/mol. The highest BCUT2D eigenvalue weighted by atomic mass is 32.2. The number of fused-ring (bicyclic) bond motifs is 3. The summed E-state index contributed by atoms with van der Waals surface area (Å²) in [4.78, 5) is 30.3. The number of carbonyl (C=O) groups excluding carboxylic acids is 1. The molecule has 1 fully saturated rings. The normalized spacial score (nSPS) is 20.7. The minimum absolute atomic E-state index is 0.0541. The van der Waals surface area contributed by atoms with E-state index in [0.717, 1.165) is 54.0 Å². The van der Waals surface area contributed by atoms with E-state index >= 15 is 0 Å². The van der Waals surface area contributed by atoms with Gasteiger partial charge in [-0.2, -0.15) is 0 Å². The molecule has 4 aromatic rings. The molecule has 3 aliphatic rings. The number of amides is 1. The molecule has 0 bridgehead atoms. The topological polar surface area (TPSA) is 118 Å². The number of hydrogen-bond donors (Lipinski definition) is 1. The van der Waals surface area contributed by atoms with Gasteiger partial charge in [-0.25, -0.2) is 31.6 Å². The number of carbonyl (C=O) groups is 1. The van der Waals surface area contributed by atoms with Crippen LogP contribution in [0, 0.1) is 5.82 Å². The van der Waals surface area contributed by atoms with Gasteiger partial charge in [0.1, 0.15) is 22.7 Å². The molecular formula is C31H29F3N6O4S. The van der Waals surface area contributed by atoms with Crippen molar-refractivity contribution in [2.45, 2.75) is 48.8 Å². The van der Waals surface area contributed by atoms with Gasteiger partial charge in [-0.05, 0) is 61.2 Å². The molecule has 7 rings (SSSR count). The van der Waals surface area contributed by atoms with Crippen molar-refractivity contribution in [3.63, 3.8) is 0 Å². The molecule has 1 N–H and O–H groups in total. The van der Waals surface area contributed by atoms with Gasteiger partial charge in [-0.15, -0.1) is 0 Å². The molecular weight excluding hydrogens is 609 g/mol. The van der Waals surface area contributed by atoms with Crippen LogP contribution in [0.15, 0.2) is 53.7 Å². The summed E-state index contributed by atoms with van der Waals surface area (Å²) >= 11 is 0. The van der Waals surface area contributed by atoms with E-state index in [1.54, 1.807) is 18.5 Å². The van der Waals surface area contributed by atoms with Crippen LogP contribution in [-0.4, -0.2) is 67.2 Å². The third-order valence-electron chi connectivity index (χ3n) is 8.34. The fraction of sp³-hybridized carbons (Fsp3) is 0.355. The van der Waals surface area contributed by atoms with Crippen LogP contribution in [0.5, 0.6) is 5.75 Å². The number of anilines is 3. The highest BCUT2D eigenvalue weighted by molar-refractivity contribution is 7.92. The summed E-state index contributed by atoms with van der Waals surface area (Å²) in [7, 11) is -4.52. The molecule has 10 nitrogen and oxygen atoms in total. The van der Waals surface area contributed by atoms with Gasteiger partial charge in [0.2, 0.25) is 15.3 Å². The molecule has 6 heterocycles. The first-order valence-electron chi connectivity index (χ1n) is 14.7. The van der Waals surface area contributed by atoms with Crippen LogP contribution in [0.2, 0.25) is 0 Å². The van der Waals surface area contributed by atoms with Crippen molar-refractivity contribution in [3.05, 3.63) is 71.4 Å². The molecule has 1 aromatic carbocycles. The SMILES string of the molecule is O=C(NCc1cc2nc(N3CCCc4cc(N5CC[C@H](F)C5)cnc43)ccc2cn1)c1cc(F)c2c(c1)S(=O)(=O)[C@@H](F)CCO2.